The molecule has 1 aromatic carbocycles. The number of hydrogen-bond donors (Lipinski definition) is 0. The van der Waals surface area contributed by atoms with Crippen LogP contribution < -0.4 is 0 Å². The van der Waals surface area contributed by atoms with Gasteiger partial charge in [0, 0.05) is 16.6 Å². The van der Waals surface area contributed by atoms with E-state index >= 15 is 0 Å². The minimum Gasteiger partial charge on any atom is -0.258 e. The van der Waals surface area contributed by atoms with E-state index in [1.807, 2.05) is 30.0 Å². The van der Waals surface area contributed by atoms with Crippen molar-refractivity contribution >= 4 is 28.6 Å². The molecule has 1 aliphatic rings. The molecule has 1 nitrogen and oxygen atoms in total. The Kier molecular flexibility index (Phi) is 4.67. The van der Waals surface area contributed by atoms with Gasteiger partial charge in [0.25, 0.3) is 0 Å². The van der Waals surface area contributed by atoms with Crippen molar-refractivity contribution in [2.24, 2.45) is 0 Å². The predicted molar refractivity (Wildman–Crippen MR) is 74.0 cm³/mol. The number of hydrogen-bond acceptors (Lipinski definition) is 2. The van der Waals surface area contributed by atoms with Crippen LogP contribution in [0.1, 0.15) is 18.4 Å². The number of benzene rings is 1. The van der Waals surface area contributed by atoms with Crippen LogP contribution in [0.5, 0.6) is 0 Å². The first-order valence-electron chi connectivity index (χ1n) is 5.56. The highest BCUT2D eigenvalue weighted by atomic mass is 32.2. The van der Waals surface area contributed by atoms with E-state index in [2.05, 4.69) is 24.3 Å². The highest BCUT2D eigenvalue weighted by Gasteiger charge is 2.19. The smallest absolute Gasteiger partial charge is 0.0835 e. The minimum absolute atomic E-state index is 0.314. The molecule has 0 N–H and O–H groups in total. The third-order valence-electron chi connectivity index (χ3n) is 2.53. The first-order chi connectivity index (χ1) is 7.86. The van der Waals surface area contributed by atoms with Crippen LogP contribution >= 0.6 is 11.8 Å². The lowest BCUT2D eigenvalue weighted by Crippen LogP contribution is -2.19. The first-order valence-corrected chi connectivity index (χ1v) is 8.00. The van der Waals surface area contributed by atoms with E-state index in [4.69, 9.17) is 0 Å². The Bertz CT molecular complexity index is 373. The van der Waals surface area contributed by atoms with Gasteiger partial charge in [-0.05, 0) is 24.2 Å². The summed E-state index contributed by atoms with van der Waals surface area (Å²) < 4.78 is 12.0. The maximum Gasteiger partial charge on any atom is 0.0835 e. The van der Waals surface area contributed by atoms with Crippen molar-refractivity contribution < 1.29 is 4.21 Å². The van der Waals surface area contributed by atoms with Crippen LogP contribution in [-0.4, -0.2) is 20.3 Å². The van der Waals surface area contributed by atoms with Gasteiger partial charge in [-0.25, -0.2) is 0 Å². The lowest BCUT2D eigenvalue weighted by molar-refractivity contribution is 0.678. The topological polar surface area (TPSA) is 17.1 Å². The molecule has 1 saturated heterocycles. The van der Waals surface area contributed by atoms with E-state index in [1.54, 1.807) is 0 Å². The molecular formula is C13H16OS2. The molecule has 2 rings (SSSR count). The zero-order valence-electron chi connectivity index (χ0n) is 9.17. The monoisotopic (exact) mass is 252 g/mol. The van der Waals surface area contributed by atoms with Crippen LogP contribution in [0.4, 0.5) is 0 Å². The summed E-state index contributed by atoms with van der Waals surface area (Å²) in [4.78, 5) is 0. The lowest BCUT2D eigenvalue weighted by Gasteiger charge is -2.19. The summed E-state index contributed by atoms with van der Waals surface area (Å²) >= 11 is 1.86. The van der Waals surface area contributed by atoms with Gasteiger partial charge in [0.2, 0.25) is 0 Å². The van der Waals surface area contributed by atoms with Crippen molar-refractivity contribution in [2.75, 3.05) is 11.5 Å². The number of allylic oxidation sites excluding steroid dienone is 1. The molecule has 0 aliphatic carbocycles. The zero-order chi connectivity index (χ0) is 11.2. The van der Waals surface area contributed by atoms with Gasteiger partial charge in [-0.15, -0.1) is 11.8 Å². The quantitative estimate of drug-likeness (QED) is 0.821. The van der Waals surface area contributed by atoms with E-state index in [1.165, 1.54) is 5.56 Å². The zero-order valence-corrected chi connectivity index (χ0v) is 10.8. The molecule has 3 heteroatoms. The largest absolute Gasteiger partial charge is 0.258 e. The van der Waals surface area contributed by atoms with E-state index in [-0.39, 0.29) is 0 Å². The Morgan fingerprint density at radius 3 is 2.94 bits per heavy atom. The molecule has 0 amide bonds. The maximum atomic E-state index is 11.7. The minimum atomic E-state index is -0.624. The highest BCUT2D eigenvalue weighted by molar-refractivity contribution is 8.11. The summed E-state index contributed by atoms with van der Waals surface area (Å²) in [5.41, 5.74) is 1.22. The van der Waals surface area contributed by atoms with Gasteiger partial charge in [-0.1, -0.05) is 42.5 Å². The molecule has 0 saturated carbocycles. The molecule has 0 aromatic heterocycles. The fraction of sp³-hybridized carbons (Fsp3) is 0.385. The molecule has 1 fully saturated rings. The summed E-state index contributed by atoms with van der Waals surface area (Å²) in [5.74, 6) is 2.05. The van der Waals surface area contributed by atoms with Crippen molar-refractivity contribution in [2.45, 2.75) is 17.4 Å². The van der Waals surface area contributed by atoms with Crippen molar-refractivity contribution in [1.82, 2.24) is 0 Å². The van der Waals surface area contributed by atoms with Gasteiger partial charge >= 0.3 is 0 Å². The maximum absolute atomic E-state index is 11.7. The summed E-state index contributed by atoms with van der Waals surface area (Å²) in [6, 6.07) is 10.3. The van der Waals surface area contributed by atoms with Gasteiger partial charge in [-0.2, -0.15) is 0 Å². The van der Waals surface area contributed by atoms with Crippen LogP contribution in [0, 0.1) is 0 Å². The predicted octanol–water partition coefficient (Wildman–Crippen LogP) is 3.30. The summed E-state index contributed by atoms with van der Waals surface area (Å²) in [5, 5.41) is 0. The third kappa shape index (κ3) is 3.49. The second kappa shape index (κ2) is 6.26. The van der Waals surface area contributed by atoms with Crippen LogP contribution in [0.3, 0.4) is 0 Å². The van der Waals surface area contributed by atoms with Gasteiger partial charge in [0.15, 0.2) is 0 Å². The Morgan fingerprint density at radius 2 is 2.19 bits per heavy atom. The molecule has 1 aromatic rings. The molecule has 1 aliphatic heterocycles. The van der Waals surface area contributed by atoms with Crippen molar-refractivity contribution in [3.05, 3.63) is 42.0 Å². The molecule has 0 radical (unpaired) electrons. The molecule has 0 bridgehead atoms. The van der Waals surface area contributed by atoms with Crippen LogP contribution in [0.15, 0.2) is 36.4 Å². The summed E-state index contributed by atoms with van der Waals surface area (Å²) in [6.45, 7) is 0. The summed E-state index contributed by atoms with van der Waals surface area (Å²) in [7, 11) is -0.624. The van der Waals surface area contributed by atoms with E-state index in [0.717, 1.165) is 24.3 Å². The number of rotatable bonds is 3. The van der Waals surface area contributed by atoms with Gasteiger partial charge in [-0.3, -0.25) is 4.21 Å². The van der Waals surface area contributed by atoms with Crippen molar-refractivity contribution in [3.63, 3.8) is 0 Å². The molecule has 16 heavy (non-hydrogen) atoms. The van der Waals surface area contributed by atoms with Gasteiger partial charge in [0.1, 0.15) is 0 Å². The van der Waals surface area contributed by atoms with Crippen molar-refractivity contribution in [3.8, 4) is 0 Å². The normalized spacial score (nSPS) is 26.0. The van der Waals surface area contributed by atoms with Crippen LogP contribution in [0.2, 0.25) is 0 Å². The number of thioether (sulfide) groups is 1. The third-order valence-corrected chi connectivity index (χ3v) is 6.14. The Hall–Kier alpha value is -0.540. The molecule has 0 spiro atoms. The van der Waals surface area contributed by atoms with Crippen LogP contribution in [0.25, 0.3) is 6.08 Å². The molecule has 0 unspecified atom stereocenters. The Labute approximate surface area is 104 Å². The molecule has 86 valence electrons. The second-order valence-corrected chi connectivity index (χ2v) is 7.14. The Morgan fingerprint density at radius 1 is 1.38 bits per heavy atom. The molecule has 2 atom stereocenters. The summed E-state index contributed by atoms with van der Waals surface area (Å²) in [6.07, 6.45) is 6.30. The molecule has 1 heterocycles. The van der Waals surface area contributed by atoms with Gasteiger partial charge < -0.3 is 0 Å². The van der Waals surface area contributed by atoms with Crippen LogP contribution in [-0.2, 0) is 10.8 Å². The van der Waals surface area contributed by atoms with Crippen molar-refractivity contribution in [1.29, 1.82) is 0 Å². The fourth-order valence-corrected chi connectivity index (χ4v) is 4.88. The average molecular weight is 252 g/mol. The standard InChI is InChI=1S/C13H16OS2/c14-16-11-5-10-15-13(16)9-4-8-12-6-2-1-3-7-12/h1-4,6-8,13H,5,9-11H2/b8-4+/t13-,16+/m1/s1. The fourth-order valence-electron chi connectivity index (χ4n) is 1.68. The molecular weight excluding hydrogens is 236 g/mol. The second-order valence-electron chi connectivity index (χ2n) is 3.79. The Balaban J connectivity index is 1.87. The highest BCUT2D eigenvalue weighted by Crippen LogP contribution is 2.25. The average Bonchev–Trinajstić information content (AvgIpc) is 2.33. The van der Waals surface area contributed by atoms with E-state index in [0.29, 0.717) is 4.58 Å². The first kappa shape index (κ1) is 11.9. The van der Waals surface area contributed by atoms with E-state index in [9.17, 15) is 4.21 Å². The SMILES string of the molecule is O=[S@]1CCCS[C@H]1C/C=C/c1ccccc1. The van der Waals surface area contributed by atoms with Gasteiger partial charge in [0.05, 0.1) is 4.58 Å². The van der Waals surface area contributed by atoms with E-state index < -0.39 is 10.8 Å². The lowest BCUT2D eigenvalue weighted by atomic mass is 10.2.